The third kappa shape index (κ3) is 2.55. The van der Waals surface area contributed by atoms with Crippen molar-refractivity contribution in [1.82, 2.24) is 9.97 Å². The zero-order valence-electron chi connectivity index (χ0n) is 10.5. The van der Waals surface area contributed by atoms with Gasteiger partial charge >= 0.3 is 5.69 Å². The summed E-state index contributed by atoms with van der Waals surface area (Å²) in [5.74, 6) is 0.682. The van der Waals surface area contributed by atoms with E-state index < -0.39 is 11.0 Å². The van der Waals surface area contributed by atoms with Gasteiger partial charge in [-0.3, -0.25) is 10.1 Å². The maximum Gasteiger partial charge on any atom is 0.310 e. The van der Waals surface area contributed by atoms with Crippen molar-refractivity contribution < 1.29 is 14.8 Å². The quantitative estimate of drug-likeness (QED) is 0.649. The zero-order chi connectivity index (χ0) is 14.0. The average molecular weight is 263 g/mol. The monoisotopic (exact) mass is 263 g/mol. The summed E-state index contributed by atoms with van der Waals surface area (Å²) in [6.45, 7) is 1.62. The summed E-state index contributed by atoms with van der Waals surface area (Å²) in [5, 5.41) is 20.2. The molecule has 0 spiro atoms. The first-order valence-electron chi connectivity index (χ1n) is 5.58. The minimum Gasteiger partial charge on any atom is -0.490 e. The van der Waals surface area contributed by atoms with Crippen LogP contribution in [0.4, 0.5) is 5.69 Å². The number of H-pyrrole nitrogens is 1. The van der Waals surface area contributed by atoms with E-state index in [9.17, 15) is 15.2 Å². The van der Waals surface area contributed by atoms with Gasteiger partial charge in [0.05, 0.1) is 30.0 Å². The molecule has 0 amide bonds. The van der Waals surface area contributed by atoms with E-state index in [4.69, 9.17) is 4.74 Å². The Kier molecular flexibility index (Phi) is 3.48. The first kappa shape index (κ1) is 13.0. The molecule has 1 heterocycles. The Morgan fingerprint density at radius 1 is 1.53 bits per heavy atom. The number of aliphatic hydroxyl groups excluding tert-OH is 1. The lowest BCUT2D eigenvalue weighted by molar-refractivity contribution is -0.385. The predicted molar refractivity (Wildman–Crippen MR) is 67.9 cm³/mol. The standard InChI is InChI=1S/C12H13N3O4/c1-7(16)9-6-13-12(14-9)8-3-4-10(15(17)18)11(5-8)19-2/h3-7,16H,1-2H3,(H,13,14)/t7-/m1/s1. The highest BCUT2D eigenvalue weighted by atomic mass is 16.6. The van der Waals surface area contributed by atoms with Crippen molar-refractivity contribution in [1.29, 1.82) is 0 Å². The largest absolute Gasteiger partial charge is 0.490 e. The number of ether oxygens (including phenoxy) is 1. The lowest BCUT2D eigenvalue weighted by atomic mass is 10.2. The van der Waals surface area contributed by atoms with Crippen molar-refractivity contribution in [3.63, 3.8) is 0 Å². The van der Waals surface area contributed by atoms with Crippen LogP contribution in [0.15, 0.2) is 24.4 Å². The lowest BCUT2D eigenvalue weighted by Gasteiger charge is -2.04. The first-order valence-corrected chi connectivity index (χ1v) is 5.58. The second-order valence-corrected chi connectivity index (χ2v) is 4.01. The Morgan fingerprint density at radius 2 is 2.26 bits per heavy atom. The number of benzene rings is 1. The van der Waals surface area contributed by atoms with E-state index in [1.54, 1.807) is 13.0 Å². The van der Waals surface area contributed by atoms with Crippen molar-refractivity contribution >= 4 is 5.69 Å². The van der Waals surface area contributed by atoms with Crippen LogP contribution in [0, 0.1) is 10.1 Å². The Hall–Kier alpha value is -2.41. The smallest absolute Gasteiger partial charge is 0.310 e. The summed E-state index contributed by atoms with van der Waals surface area (Å²) in [5.41, 5.74) is 1.12. The molecule has 0 saturated heterocycles. The summed E-state index contributed by atoms with van der Waals surface area (Å²) in [6, 6.07) is 4.47. The van der Waals surface area contributed by atoms with Crippen LogP contribution in [-0.2, 0) is 0 Å². The minimum absolute atomic E-state index is 0.103. The number of nitrogens with one attached hydrogen (secondary N) is 1. The van der Waals surface area contributed by atoms with Gasteiger partial charge in [-0.15, -0.1) is 0 Å². The number of nitrogens with zero attached hydrogens (tertiary/aromatic N) is 2. The van der Waals surface area contributed by atoms with Gasteiger partial charge in [-0.05, 0) is 19.1 Å². The third-order valence-corrected chi connectivity index (χ3v) is 2.70. The molecule has 0 bridgehead atoms. The molecule has 0 saturated carbocycles. The summed E-state index contributed by atoms with van der Waals surface area (Å²) in [6.07, 6.45) is 0.870. The molecule has 100 valence electrons. The molecule has 0 aliphatic carbocycles. The Labute approximate surface area is 109 Å². The van der Waals surface area contributed by atoms with E-state index in [1.165, 1.54) is 25.4 Å². The van der Waals surface area contributed by atoms with E-state index in [1.807, 2.05) is 0 Å². The highest BCUT2D eigenvalue weighted by Gasteiger charge is 2.16. The Bertz CT molecular complexity index is 607. The summed E-state index contributed by atoms with van der Waals surface area (Å²) < 4.78 is 4.99. The lowest BCUT2D eigenvalue weighted by Crippen LogP contribution is -1.94. The number of aromatic nitrogens is 2. The molecule has 1 aromatic heterocycles. The van der Waals surface area contributed by atoms with Crippen LogP contribution in [0.5, 0.6) is 5.75 Å². The van der Waals surface area contributed by atoms with Gasteiger partial charge in [0.25, 0.3) is 0 Å². The van der Waals surface area contributed by atoms with Gasteiger partial charge in [0.1, 0.15) is 5.82 Å². The topological polar surface area (TPSA) is 101 Å². The number of methoxy groups -OCH3 is 1. The van der Waals surface area contributed by atoms with Crippen LogP contribution in [0.1, 0.15) is 18.7 Å². The van der Waals surface area contributed by atoms with Crippen LogP contribution in [-0.4, -0.2) is 27.1 Å². The molecule has 7 heteroatoms. The van der Waals surface area contributed by atoms with Crippen LogP contribution < -0.4 is 4.74 Å². The van der Waals surface area contributed by atoms with Gasteiger partial charge in [-0.25, -0.2) is 4.98 Å². The number of aromatic amines is 1. The summed E-state index contributed by atoms with van der Waals surface area (Å²) >= 11 is 0. The van der Waals surface area contributed by atoms with Crippen molar-refractivity contribution in [2.75, 3.05) is 7.11 Å². The molecule has 1 atom stereocenters. The van der Waals surface area contributed by atoms with E-state index in [0.717, 1.165) is 0 Å². The fourth-order valence-electron chi connectivity index (χ4n) is 1.67. The second-order valence-electron chi connectivity index (χ2n) is 4.01. The van der Waals surface area contributed by atoms with Crippen molar-refractivity contribution in [3.05, 3.63) is 40.2 Å². The van der Waals surface area contributed by atoms with Crippen molar-refractivity contribution in [2.24, 2.45) is 0 Å². The van der Waals surface area contributed by atoms with Crippen molar-refractivity contribution in [2.45, 2.75) is 13.0 Å². The molecule has 1 aromatic carbocycles. The Balaban J connectivity index is 2.42. The number of hydrogen-bond donors (Lipinski definition) is 2. The number of aliphatic hydroxyl groups is 1. The van der Waals surface area contributed by atoms with Gasteiger partial charge < -0.3 is 14.8 Å². The molecule has 0 aliphatic rings. The maximum atomic E-state index is 10.8. The maximum absolute atomic E-state index is 10.8. The minimum atomic E-state index is -0.652. The average Bonchev–Trinajstić information content (AvgIpc) is 2.87. The van der Waals surface area contributed by atoms with E-state index >= 15 is 0 Å². The molecular formula is C12H13N3O4. The number of imidazole rings is 1. The molecule has 7 nitrogen and oxygen atoms in total. The van der Waals surface area contributed by atoms with E-state index in [-0.39, 0.29) is 11.4 Å². The van der Waals surface area contributed by atoms with Crippen molar-refractivity contribution in [3.8, 4) is 17.1 Å². The van der Waals surface area contributed by atoms with Gasteiger partial charge in [-0.1, -0.05) is 0 Å². The predicted octanol–water partition coefficient (Wildman–Crippen LogP) is 2.05. The Morgan fingerprint density at radius 3 is 2.79 bits per heavy atom. The molecule has 19 heavy (non-hydrogen) atoms. The molecule has 2 aromatic rings. The van der Waals surface area contributed by atoms with Crippen LogP contribution in [0.3, 0.4) is 0 Å². The number of nitro groups is 1. The van der Waals surface area contributed by atoms with Gasteiger partial charge in [0.15, 0.2) is 5.75 Å². The highest BCUT2D eigenvalue weighted by Crippen LogP contribution is 2.31. The first-order chi connectivity index (χ1) is 9.02. The van der Waals surface area contributed by atoms with E-state index in [2.05, 4.69) is 9.97 Å². The van der Waals surface area contributed by atoms with Gasteiger partial charge in [0, 0.05) is 11.6 Å². The number of rotatable bonds is 4. The third-order valence-electron chi connectivity index (χ3n) is 2.70. The number of nitro benzene ring substituents is 1. The second kappa shape index (κ2) is 5.07. The van der Waals surface area contributed by atoms with Gasteiger partial charge in [-0.2, -0.15) is 0 Å². The summed E-state index contributed by atoms with van der Waals surface area (Å²) in [7, 11) is 1.37. The fraction of sp³-hybridized carbons (Fsp3) is 0.250. The molecule has 0 radical (unpaired) electrons. The summed E-state index contributed by atoms with van der Waals surface area (Å²) in [4.78, 5) is 17.3. The molecule has 0 aliphatic heterocycles. The normalized spacial score (nSPS) is 12.2. The van der Waals surface area contributed by atoms with Crippen LogP contribution in [0.25, 0.3) is 11.4 Å². The van der Waals surface area contributed by atoms with E-state index in [0.29, 0.717) is 17.1 Å². The molecule has 2 N–H and O–H groups in total. The molecule has 0 unspecified atom stereocenters. The number of hydrogen-bond acceptors (Lipinski definition) is 5. The zero-order valence-corrected chi connectivity index (χ0v) is 10.5. The van der Waals surface area contributed by atoms with Gasteiger partial charge in [0.2, 0.25) is 0 Å². The molecular weight excluding hydrogens is 250 g/mol. The van der Waals surface area contributed by atoms with Crippen LogP contribution in [0.2, 0.25) is 0 Å². The highest BCUT2D eigenvalue weighted by molar-refractivity contribution is 5.63. The fourth-order valence-corrected chi connectivity index (χ4v) is 1.67. The molecule has 2 rings (SSSR count). The molecule has 0 fully saturated rings. The van der Waals surface area contributed by atoms with Crippen LogP contribution >= 0.6 is 0 Å². The SMILES string of the molecule is COc1cc(-c2ncc([C@@H](C)O)[nH]2)ccc1[N+](=O)[O-].